The van der Waals surface area contributed by atoms with E-state index in [4.69, 9.17) is 9.47 Å². The first kappa shape index (κ1) is 30.4. The molecule has 3 heterocycles. The maximum atomic E-state index is 14.5. The number of unbranched alkanes of at least 4 members (excludes halogenated alkanes) is 1. The zero-order chi connectivity index (χ0) is 28.6. The lowest BCUT2D eigenvalue weighted by Gasteiger charge is -2.43. The molecule has 3 aliphatic heterocycles. The average molecular weight is 533 g/mol. The van der Waals surface area contributed by atoms with Crippen molar-refractivity contribution in [3.63, 3.8) is 0 Å². The van der Waals surface area contributed by atoms with Crippen LogP contribution in [0.3, 0.4) is 0 Å². The van der Waals surface area contributed by atoms with Crippen LogP contribution in [0.2, 0.25) is 0 Å². The number of carbonyl (C=O) groups excluding carboxylic acids is 3. The smallest absolute Gasteiger partial charge is 0.312 e. The Morgan fingerprint density at radius 3 is 2.47 bits per heavy atom. The van der Waals surface area contributed by atoms with Crippen molar-refractivity contribution in [3.05, 3.63) is 25.3 Å². The first-order valence-corrected chi connectivity index (χ1v) is 14.0. The van der Waals surface area contributed by atoms with Gasteiger partial charge in [0.15, 0.2) is 0 Å². The molecule has 1 spiro atoms. The molecular weight excluding hydrogens is 484 g/mol. The van der Waals surface area contributed by atoms with Crippen molar-refractivity contribution in [3.8, 4) is 0 Å². The summed E-state index contributed by atoms with van der Waals surface area (Å²) >= 11 is 0. The summed E-state index contributed by atoms with van der Waals surface area (Å²) in [4.78, 5) is 45.7. The van der Waals surface area contributed by atoms with Gasteiger partial charge in [0.2, 0.25) is 11.8 Å². The van der Waals surface area contributed by atoms with Gasteiger partial charge in [-0.1, -0.05) is 32.9 Å². The zero-order valence-corrected chi connectivity index (χ0v) is 24.4. The van der Waals surface area contributed by atoms with Crippen LogP contribution in [0.4, 0.5) is 0 Å². The molecule has 8 nitrogen and oxygen atoms in total. The Labute approximate surface area is 228 Å². The van der Waals surface area contributed by atoms with Crippen molar-refractivity contribution < 1.29 is 29.0 Å². The Bertz CT molecular complexity index is 942. The maximum absolute atomic E-state index is 14.5. The van der Waals surface area contributed by atoms with Crippen LogP contribution in [0.25, 0.3) is 0 Å². The molecule has 3 fully saturated rings. The van der Waals surface area contributed by atoms with E-state index in [-0.39, 0.29) is 36.9 Å². The molecule has 0 aliphatic carbocycles. The number of amides is 2. The molecule has 0 aromatic rings. The molecule has 8 heteroatoms. The van der Waals surface area contributed by atoms with Crippen molar-refractivity contribution >= 4 is 17.8 Å². The van der Waals surface area contributed by atoms with Crippen molar-refractivity contribution in [2.45, 2.75) is 103 Å². The number of aliphatic hydroxyl groups is 1. The van der Waals surface area contributed by atoms with Gasteiger partial charge >= 0.3 is 5.97 Å². The number of carbonyl (C=O) groups is 3. The third-order valence-corrected chi connectivity index (χ3v) is 8.77. The van der Waals surface area contributed by atoms with Crippen molar-refractivity contribution in [1.29, 1.82) is 0 Å². The molecule has 2 amide bonds. The average Bonchev–Trinajstić information content (AvgIpc) is 3.34. The normalized spacial score (nSPS) is 32.9. The Morgan fingerprint density at radius 2 is 1.95 bits per heavy atom. The van der Waals surface area contributed by atoms with Crippen LogP contribution in [-0.4, -0.2) is 81.3 Å². The number of rotatable bonds is 12. The van der Waals surface area contributed by atoms with Crippen molar-refractivity contribution in [2.24, 2.45) is 23.7 Å². The van der Waals surface area contributed by atoms with E-state index in [1.54, 1.807) is 22.0 Å². The molecule has 214 valence electrons. The largest absolute Gasteiger partial charge is 0.465 e. The van der Waals surface area contributed by atoms with Crippen LogP contribution in [0.5, 0.6) is 0 Å². The number of hydrogen-bond donors (Lipinski definition) is 1. The summed E-state index contributed by atoms with van der Waals surface area (Å²) in [5.41, 5.74) is -2.66. The predicted octanol–water partition coefficient (Wildman–Crippen LogP) is 3.73. The van der Waals surface area contributed by atoms with Gasteiger partial charge in [-0.3, -0.25) is 14.4 Å². The minimum Gasteiger partial charge on any atom is -0.465 e. The molecule has 3 saturated heterocycles. The molecule has 0 radical (unpaired) electrons. The SMILES string of the molecule is C=CCCCOC(=O)[C@@H]1[C@H]2C(=O)N([C@@H](CO)CC(C)C)C(C(=O)N(CC=C)C(C)(C)C)C23CC(C)[C@@]1(C)O3. The van der Waals surface area contributed by atoms with E-state index in [0.29, 0.717) is 25.8 Å². The fraction of sp³-hybridized carbons (Fsp3) is 0.767. The maximum Gasteiger partial charge on any atom is 0.312 e. The Balaban J connectivity index is 2.14. The molecule has 3 aliphatic rings. The Kier molecular flexibility index (Phi) is 8.89. The van der Waals surface area contributed by atoms with Crippen molar-refractivity contribution in [1.82, 2.24) is 9.80 Å². The minimum atomic E-state index is -1.18. The minimum absolute atomic E-state index is 0.0762. The van der Waals surface area contributed by atoms with E-state index in [2.05, 4.69) is 13.2 Å². The summed E-state index contributed by atoms with van der Waals surface area (Å²) in [7, 11) is 0. The zero-order valence-electron chi connectivity index (χ0n) is 24.4. The van der Waals surface area contributed by atoms with Gasteiger partial charge in [-0.05, 0) is 65.2 Å². The van der Waals surface area contributed by atoms with E-state index in [9.17, 15) is 19.5 Å². The highest BCUT2D eigenvalue weighted by molar-refractivity contribution is 5.99. The second kappa shape index (κ2) is 11.1. The molecule has 3 rings (SSSR count). The number of allylic oxidation sites excluding steroid dienone is 1. The first-order valence-electron chi connectivity index (χ1n) is 14.0. The van der Waals surface area contributed by atoms with Gasteiger partial charge in [-0.2, -0.15) is 0 Å². The monoisotopic (exact) mass is 532 g/mol. The predicted molar refractivity (Wildman–Crippen MR) is 146 cm³/mol. The molecule has 1 N–H and O–H groups in total. The van der Waals surface area contributed by atoms with Gasteiger partial charge in [0.05, 0.1) is 30.8 Å². The fourth-order valence-corrected chi connectivity index (χ4v) is 6.99. The molecule has 2 bridgehead atoms. The van der Waals surface area contributed by atoms with Crippen LogP contribution in [0.1, 0.15) is 74.1 Å². The lowest BCUT2D eigenvalue weighted by Crippen LogP contribution is -2.61. The van der Waals surface area contributed by atoms with Crippen LogP contribution >= 0.6 is 0 Å². The summed E-state index contributed by atoms with van der Waals surface area (Å²) in [5.74, 6) is -2.59. The van der Waals surface area contributed by atoms with E-state index < -0.39 is 46.6 Å². The van der Waals surface area contributed by atoms with Gasteiger partial charge in [0.25, 0.3) is 0 Å². The second-order valence-electron chi connectivity index (χ2n) is 12.9. The number of nitrogens with zero attached hydrogens (tertiary/aromatic N) is 2. The number of fused-ring (bicyclic) bond motifs is 1. The number of hydrogen-bond acceptors (Lipinski definition) is 6. The molecule has 0 aromatic heterocycles. The summed E-state index contributed by atoms with van der Waals surface area (Å²) in [6, 6.07) is -1.53. The molecular formula is C30H48N2O6. The van der Waals surface area contributed by atoms with Crippen LogP contribution in [0.15, 0.2) is 25.3 Å². The summed E-state index contributed by atoms with van der Waals surface area (Å²) < 4.78 is 12.5. The molecule has 7 atom stereocenters. The van der Waals surface area contributed by atoms with E-state index >= 15 is 0 Å². The van der Waals surface area contributed by atoms with Gasteiger partial charge < -0.3 is 24.4 Å². The van der Waals surface area contributed by atoms with Gasteiger partial charge in [0, 0.05) is 12.1 Å². The molecule has 38 heavy (non-hydrogen) atoms. The van der Waals surface area contributed by atoms with Gasteiger partial charge in [-0.15, -0.1) is 13.2 Å². The summed E-state index contributed by atoms with van der Waals surface area (Å²) in [6.45, 7) is 21.6. The topological polar surface area (TPSA) is 96.4 Å². The quantitative estimate of drug-likeness (QED) is 0.234. The second-order valence-corrected chi connectivity index (χ2v) is 12.9. The van der Waals surface area contributed by atoms with Crippen LogP contribution in [0, 0.1) is 23.7 Å². The van der Waals surface area contributed by atoms with E-state index in [1.165, 1.54) is 0 Å². The Hall–Kier alpha value is -2.19. The third kappa shape index (κ3) is 4.94. The lowest BCUT2D eigenvalue weighted by molar-refractivity contribution is -0.165. The highest BCUT2D eigenvalue weighted by atomic mass is 16.6. The highest BCUT2D eigenvalue weighted by Crippen LogP contribution is 2.66. The summed E-state index contributed by atoms with van der Waals surface area (Å²) in [5, 5.41) is 10.5. The number of likely N-dealkylation sites (tertiary alicyclic amines) is 1. The van der Waals surface area contributed by atoms with Crippen LogP contribution < -0.4 is 0 Å². The lowest BCUT2D eigenvalue weighted by atomic mass is 9.62. The van der Waals surface area contributed by atoms with Crippen molar-refractivity contribution in [2.75, 3.05) is 19.8 Å². The highest BCUT2D eigenvalue weighted by Gasteiger charge is 2.80. The number of aliphatic hydroxyl groups excluding tert-OH is 1. The number of esters is 1. The Morgan fingerprint density at radius 1 is 1.29 bits per heavy atom. The summed E-state index contributed by atoms with van der Waals surface area (Å²) in [6.07, 6.45) is 5.81. The molecule has 0 saturated carbocycles. The van der Waals surface area contributed by atoms with Gasteiger partial charge in [0.1, 0.15) is 17.6 Å². The standard InChI is InChI=1S/C30H48N2O6/c1-10-12-13-15-37-27(36)23-22-25(34)32(21(18-33)16-19(3)4)24(26(35)31(14-11-2)28(6,7)8)30(22)17-20(5)29(23,9)38-30/h10-11,19-24,33H,1-2,12-18H2,3-9H3/t20?,21-,22+,23+,24?,29-,30?/m1/s1. The van der Waals surface area contributed by atoms with E-state index in [1.807, 2.05) is 48.5 Å². The number of ether oxygens (including phenoxy) is 2. The fourth-order valence-electron chi connectivity index (χ4n) is 6.99. The van der Waals surface area contributed by atoms with Crippen LogP contribution in [-0.2, 0) is 23.9 Å². The molecule has 3 unspecified atom stereocenters. The van der Waals surface area contributed by atoms with E-state index in [0.717, 1.165) is 6.42 Å². The van der Waals surface area contributed by atoms with Gasteiger partial charge in [-0.25, -0.2) is 0 Å². The third-order valence-electron chi connectivity index (χ3n) is 8.77. The first-order chi connectivity index (χ1) is 17.7. The molecule has 0 aromatic carbocycles.